The van der Waals surface area contributed by atoms with Gasteiger partial charge in [-0.3, -0.25) is 0 Å². The Kier molecular flexibility index (Phi) is 3.16. The number of carboxylic acid groups (broad SMARTS) is 1. The number of benzene rings is 1. The number of aliphatic hydroxyl groups excluding tert-OH is 1. The molecule has 0 unspecified atom stereocenters. The van der Waals surface area contributed by atoms with Crippen LogP contribution in [-0.2, 0) is 6.42 Å². The topological polar surface area (TPSA) is 98.0 Å². The molecule has 0 radical (unpaired) electrons. The highest BCUT2D eigenvalue weighted by molar-refractivity contribution is 5.93. The lowest BCUT2D eigenvalue weighted by Gasteiger charge is -2.10. The van der Waals surface area contributed by atoms with Gasteiger partial charge in [-0.1, -0.05) is 6.07 Å². The quantitative estimate of drug-likeness (QED) is 0.553. The number of aromatic hydroxyl groups is 2. The van der Waals surface area contributed by atoms with Crippen LogP contribution in [0.2, 0.25) is 0 Å². The minimum Gasteiger partial charge on any atom is -0.504 e. The largest absolute Gasteiger partial charge is 0.504 e. The van der Waals surface area contributed by atoms with E-state index in [0.717, 1.165) is 0 Å². The molecule has 0 aliphatic rings. The smallest absolute Gasteiger partial charge is 0.339 e. The third-order valence-corrected chi connectivity index (χ3v) is 1.97. The minimum absolute atomic E-state index is 0.107. The number of aromatic carboxylic acids is 1. The van der Waals surface area contributed by atoms with Gasteiger partial charge in [-0.2, -0.15) is 0 Å². The Hall–Kier alpha value is -1.75. The van der Waals surface area contributed by atoms with Crippen molar-refractivity contribution in [3.63, 3.8) is 0 Å². The highest BCUT2D eigenvalue weighted by atomic mass is 16.4. The first-order valence-electron chi connectivity index (χ1n) is 4.38. The van der Waals surface area contributed by atoms with E-state index in [-0.39, 0.29) is 17.5 Å². The standard InChI is InChI=1S/C10H12O5/c1-5(11)4-6-2-3-7(12)9(13)8(6)10(14)15/h2-3,5,11-13H,4H2,1H3,(H,14,15)/t5-/m0/s1. The van der Waals surface area contributed by atoms with Crippen LogP contribution in [0.1, 0.15) is 22.8 Å². The Bertz CT molecular complexity index is 384. The van der Waals surface area contributed by atoms with Crippen molar-refractivity contribution in [1.82, 2.24) is 0 Å². The lowest BCUT2D eigenvalue weighted by Crippen LogP contribution is -2.10. The fourth-order valence-electron chi connectivity index (χ4n) is 1.35. The molecule has 5 nitrogen and oxygen atoms in total. The summed E-state index contributed by atoms with van der Waals surface area (Å²) in [7, 11) is 0. The third kappa shape index (κ3) is 2.38. The van der Waals surface area contributed by atoms with Gasteiger partial charge in [0.25, 0.3) is 0 Å². The fraction of sp³-hybridized carbons (Fsp3) is 0.300. The second-order valence-electron chi connectivity index (χ2n) is 3.33. The predicted molar refractivity (Wildman–Crippen MR) is 52.1 cm³/mol. The Morgan fingerprint density at radius 1 is 1.40 bits per heavy atom. The summed E-state index contributed by atoms with van der Waals surface area (Å²) < 4.78 is 0. The van der Waals surface area contributed by atoms with Crippen molar-refractivity contribution in [3.8, 4) is 11.5 Å². The van der Waals surface area contributed by atoms with Gasteiger partial charge in [-0.25, -0.2) is 4.79 Å². The van der Waals surface area contributed by atoms with Crippen molar-refractivity contribution >= 4 is 5.97 Å². The van der Waals surface area contributed by atoms with E-state index in [4.69, 9.17) is 15.3 Å². The maximum atomic E-state index is 10.8. The van der Waals surface area contributed by atoms with Gasteiger partial charge >= 0.3 is 5.97 Å². The van der Waals surface area contributed by atoms with E-state index < -0.39 is 23.6 Å². The summed E-state index contributed by atoms with van der Waals surface area (Å²) in [5.74, 6) is -2.48. The van der Waals surface area contributed by atoms with Crippen LogP contribution < -0.4 is 0 Å². The molecule has 0 aliphatic carbocycles. The molecule has 0 heterocycles. The minimum atomic E-state index is -1.33. The number of carbonyl (C=O) groups is 1. The zero-order chi connectivity index (χ0) is 11.6. The predicted octanol–water partition coefficient (Wildman–Crippen LogP) is 0.719. The molecule has 0 aromatic heterocycles. The van der Waals surface area contributed by atoms with Crippen LogP contribution in [0.3, 0.4) is 0 Å². The van der Waals surface area contributed by atoms with Crippen LogP contribution in [0.4, 0.5) is 0 Å². The summed E-state index contributed by atoms with van der Waals surface area (Å²) in [6.07, 6.45) is -0.609. The molecular weight excluding hydrogens is 200 g/mol. The molecule has 1 aromatic rings. The monoisotopic (exact) mass is 212 g/mol. The van der Waals surface area contributed by atoms with Crippen molar-refractivity contribution in [2.75, 3.05) is 0 Å². The number of phenols is 2. The molecule has 1 rings (SSSR count). The SMILES string of the molecule is C[C@H](O)Cc1ccc(O)c(O)c1C(=O)O. The Morgan fingerprint density at radius 2 is 2.00 bits per heavy atom. The molecule has 1 atom stereocenters. The molecule has 0 saturated carbocycles. The molecule has 0 spiro atoms. The van der Waals surface area contributed by atoms with E-state index in [1.807, 2.05) is 0 Å². The summed E-state index contributed by atoms with van der Waals surface area (Å²) in [4.78, 5) is 10.8. The highest BCUT2D eigenvalue weighted by Crippen LogP contribution is 2.31. The Balaban J connectivity index is 3.27. The Labute approximate surface area is 86.2 Å². The maximum Gasteiger partial charge on any atom is 0.339 e. The van der Waals surface area contributed by atoms with Crippen LogP contribution in [0, 0.1) is 0 Å². The average molecular weight is 212 g/mol. The van der Waals surface area contributed by atoms with Crippen LogP contribution >= 0.6 is 0 Å². The molecule has 0 fully saturated rings. The number of rotatable bonds is 3. The van der Waals surface area contributed by atoms with Crippen LogP contribution in [0.15, 0.2) is 12.1 Å². The van der Waals surface area contributed by atoms with E-state index in [9.17, 15) is 9.90 Å². The molecule has 0 aliphatic heterocycles. The van der Waals surface area contributed by atoms with E-state index >= 15 is 0 Å². The molecule has 1 aromatic carbocycles. The molecule has 0 saturated heterocycles. The molecule has 15 heavy (non-hydrogen) atoms. The highest BCUT2D eigenvalue weighted by Gasteiger charge is 2.19. The molecule has 4 N–H and O–H groups in total. The summed E-state index contributed by atoms with van der Waals surface area (Å²) in [6.45, 7) is 1.51. The van der Waals surface area contributed by atoms with Crippen molar-refractivity contribution in [2.24, 2.45) is 0 Å². The Morgan fingerprint density at radius 3 is 2.47 bits per heavy atom. The van der Waals surface area contributed by atoms with Gasteiger partial charge in [0.15, 0.2) is 11.5 Å². The van der Waals surface area contributed by atoms with Crippen LogP contribution in [-0.4, -0.2) is 32.5 Å². The zero-order valence-electron chi connectivity index (χ0n) is 8.14. The second-order valence-corrected chi connectivity index (χ2v) is 3.33. The van der Waals surface area contributed by atoms with E-state index in [2.05, 4.69) is 0 Å². The number of carboxylic acids is 1. The van der Waals surface area contributed by atoms with Gasteiger partial charge in [-0.05, 0) is 25.0 Å². The normalized spacial score (nSPS) is 12.4. The first-order valence-corrected chi connectivity index (χ1v) is 4.38. The zero-order valence-corrected chi connectivity index (χ0v) is 8.14. The molecule has 82 valence electrons. The van der Waals surface area contributed by atoms with Gasteiger partial charge in [0.05, 0.1) is 6.10 Å². The molecular formula is C10H12O5. The van der Waals surface area contributed by atoms with Crippen molar-refractivity contribution in [3.05, 3.63) is 23.3 Å². The van der Waals surface area contributed by atoms with Crippen molar-refractivity contribution < 1.29 is 25.2 Å². The van der Waals surface area contributed by atoms with Crippen molar-refractivity contribution in [1.29, 1.82) is 0 Å². The molecule has 0 amide bonds. The maximum absolute atomic E-state index is 10.8. The number of aliphatic hydroxyl groups is 1. The number of phenolic OH excluding ortho intramolecular Hbond substituents is 1. The number of hydrogen-bond acceptors (Lipinski definition) is 4. The van der Waals surface area contributed by atoms with Gasteiger partial charge in [-0.15, -0.1) is 0 Å². The second kappa shape index (κ2) is 4.18. The summed E-state index contributed by atoms with van der Waals surface area (Å²) in [6, 6.07) is 2.56. The van der Waals surface area contributed by atoms with Crippen LogP contribution in [0.25, 0.3) is 0 Å². The van der Waals surface area contributed by atoms with Gasteiger partial charge in [0.1, 0.15) is 5.56 Å². The fourth-order valence-corrected chi connectivity index (χ4v) is 1.35. The molecule has 0 bridgehead atoms. The lowest BCUT2D eigenvalue weighted by molar-refractivity contribution is 0.0691. The number of hydrogen-bond donors (Lipinski definition) is 4. The lowest BCUT2D eigenvalue weighted by atomic mass is 10.0. The van der Waals surface area contributed by atoms with Gasteiger partial charge in [0, 0.05) is 0 Å². The first-order chi connectivity index (χ1) is 6.93. The average Bonchev–Trinajstić information content (AvgIpc) is 2.10. The molecule has 5 heteroatoms. The third-order valence-electron chi connectivity index (χ3n) is 1.97. The van der Waals surface area contributed by atoms with Gasteiger partial charge < -0.3 is 20.4 Å². The van der Waals surface area contributed by atoms with E-state index in [1.54, 1.807) is 0 Å². The summed E-state index contributed by atoms with van der Waals surface area (Å²) in [5, 5.41) is 36.4. The summed E-state index contributed by atoms with van der Waals surface area (Å²) in [5.41, 5.74) is -0.0799. The van der Waals surface area contributed by atoms with Crippen molar-refractivity contribution in [2.45, 2.75) is 19.4 Å². The van der Waals surface area contributed by atoms with E-state index in [0.29, 0.717) is 0 Å². The summed E-state index contributed by atoms with van der Waals surface area (Å²) >= 11 is 0. The van der Waals surface area contributed by atoms with E-state index in [1.165, 1.54) is 19.1 Å². The van der Waals surface area contributed by atoms with Crippen LogP contribution in [0.5, 0.6) is 11.5 Å². The van der Waals surface area contributed by atoms with Gasteiger partial charge in [0.2, 0.25) is 0 Å². The first kappa shape index (κ1) is 11.3.